The summed E-state index contributed by atoms with van der Waals surface area (Å²) in [6.07, 6.45) is 0.706. The summed E-state index contributed by atoms with van der Waals surface area (Å²) in [6.45, 7) is 3.64. The first-order valence-corrected chi connectivity index (χ1v) is 6.32. The monoisotopic (exact) mass is 246 g/mol. The Morgan fingerprint density at radius 1 is 1.50 bits per heavy atom. The van der Waals surface area contributed by atoms with Gasteiger partial charge in [-0.15, -0.1) is 0 Å². The van der Waals surface area contributed by atoms with Gasteiger partial charge in [0.15, 0.2) is 0 Å². The number of aliphatic hydroxyl groups is 1. The van der Waals surface area contributed by atoms with Crippen LogP contribution in [0.25, 0.3) is 11.0 Å². The third-order valence-corrected chi connectivity index (χ3v) is 3.71. The number of aromatic nitrogens is 2. The molecule has 1 aromatic heterocycles. The SMILES string of the molecule is CC1CCN(c2nc3ccc(N)cc3[nH]2)CC1O. The molecule has 1 aliphatic rings. The summed E-state index contributed by atoms with van der Waals surface area (Å²) in [4.78, 5) is 9.90. The van der Waals surface area contributed by atoms with Crippen molar-refractivity contribution >= 4 is 22.7 Å². The van der Waals surface area contributed by atoms with E-state index in [-0.39, 0.29) is 6.10 Å². The van der Waals surface area contributed by atoms with Crippen molar-refractivity contribution in [3.05, 3.63) is 18.2 Å². The first-order valence-electron chi connectivity index (χ1n) is 6.32. The van der Waals surface area contributed by atoms with Crippen LogP contribution in [0, 0.1) is 5.92 Å². The van der Waals surface area contributed by atoms with E-state index in [0.29, 0.717) is 12.5 Å². The minimum Gasteiger partial charge on any atom is -0.399 e. The average Bonchev–Trinajstić information content (AvgIpc) is 2.75. The van der Waals surface area contributed by atoms with E-state index in [9.17, 15) is 5.11 Å². The number of piperidine rings is 1. The lowest BCUT2D eigenvalue weighted by molar-refractivity contribution is 0.102. The van der Waals surface area contributed by atoms with Crippen molar-refractivity contribution in [1.82, 2.24) is 9.97 Å². The molecular formula is C13H18N4O. The molecule has 5 nitrogen and oxygen atoms in total. The summed E-state index contributed by atoms with van der Waals surface area (Å²) in [5, 5.41) is 9.93. The minimum absolute atomic E-state index is 0.281. The van der Waals surface area contributed by atoms with Crippen molar-refractivity contribution in [2.24, 2.45) is 5.92 Å². The van der Waals surface area contributed by atoms with Gasteiger partial charge in [0.1, 0.15) is 0 Å². The average molecular weight is 246 g/mol. The number of nitrogens with one attached hydrogen (secondary N) is 1. The summed E-state index contributed by atoms with van der Waals surface area (Å²) in [5.41, 5.74) is 8.33. The molecule has 3 rings (SSSR count). The van der Waals surface area contributed by atoms with E-state index in [1.807, 2.05) is 18.2 Å². The first-order chi connectivity index (χ1) is 8.63. The number of benzene rings is 1. The first kappa shape index (κ1) is 11.3. The topological polar surface area (TPSA) is 78.2 Å². The number of fused-ring (bicyclic) bond motifs is 1. The van der Waals surface area contributed by atoms with E-state index in [4.69, 9.17) is 5.73 Å². The van der Waals surface area contributed by atoms with Gasteiger partial charge in [-0.2, -0.15) is 0 Å². The Kier molecular flexibility index (Phi) is 2.63. The molecule has 2 heterocycles. The highest BCUT2D eigenvalue weighted by atomic mass is 16.3. The van der Waals surface area contributed by atoms with Gasteiger partial charge in [-0.05, 0) is 30.5 Å². The van der Waals surface area contributed by atoms with Gasteiger partial charge in [0, 0.05) is 18.8 Å². The van der Waals surface area contributed by atoms with Crippen LogP contribution in [0.1, 0.15) is 13.3 Å². The Morgan fingerprint density at radius 2 is 2.33 bits per heavy atom. The highest BCUT2D eigenvalue weighted by molar-refractivity contribution is 5.80. The van der Waals surface area contributed by atoms with Crippen LogP contribution in [-0.4, -0.2) is 34.3 Å². The Balaban J connectivity index is 1.90. The number of H-pyrrole nitrogens is 1. The third-order valence-electron chi connectivity index (χ3n) is 3.71. The summed E-state index contributed by atoms with van der Waals surface area (Å²) >= 11 is 0. The molecular weight excluding hydrogens is 228 g/mol. The van der Waals surface area contributed by atoms with Crippen molar-refractivity contribution in [3.8, 4) is 0 Å². The Morgan fingerprint density at radius 3 is 3.11 bits per heavy atom. The predicted molar refractivity (Wildman–Crippen MR) is 72.5 cm³/mol. The van der Waals surface area contributed by atoms with Crippen molar-refractivity contribution in [2.75, 3.05) is 23.7 Å². The van der Waals surface area contributed by atoms with E-state index in [1.54, 1.807) is 0 Å². The summed E-state index contributed by atoms with van der Waals surface area (Å²) in [6, 6.07) is 5.64. The number of nitrogens with two attached hydrogens (primary N) is 1. The van der Waals surface area contributed by atoms with Crippen molar-refractivity contribution in [3.63, 3.8) is 0 Å². The van der Waals surface area contributed by atoms with Crippen LogP contribution in [0.2, 0.25) is 0 Å². The number of imidazole rings is 1. The maximum absolute atomic E-state index is 9.93. The van der Waals surface area contributed by atoms with Gasteiger partial charge < -0.3 is 20.7 Å². The molecule has 2 atom stereocenters. The molecule has 1 aromatic carbocycles. The van der Waals surface area contributed by atoms with E-state index in [2.05, 4.69) is 21.8 Å². The van der Waals surface area contributed by atoms with Crippen molar-refractivity contribution < 1.29 is 5.11 Å². The standard InChI is InChI=1S/C13H18N4O/c1-8-4-5-17(7-12(8)18)13-15-10-3-2-9(14)6-11(10)16-13/h2-3,6,8,12,18H,4-5,7,14H2,1H3,(H,15,16). The number of hydrogen-bond acceptors (Lipinski definition) is 4. The molecule has 0 bridgehead atoms. The van der Waals surface area contributed by atoms with Crippen LogP contribution in [0.5, 0.6) is 0 Å². The largest absolute Gasteiger partial charge is 0.399 e. The molecule has 2 aromatic rings. The van der Waals surface area contributed by atoms with Crippen LogP contribution in [0.3, 0.4) is 0 Å². The summed E-state index contributed by atoms with van der Waals surface area (Å²) < 4.78 is 0. The number of aliphatic hydroxyl groups excluding tert-OH is 1. The van der Waals surface area contributed by atoms with Crippen LogP contribution in [-0.2, 0) is 0 Å². The molecule has 2 unspecified atom stereocenters. The Labute approximate surface area is 106 Å². The number of rotatable bonds is 1. The maximum atomic E-state index is 9.93. The fraction of sp³-hybridized carbons (Fsp3) is 0.462. The molecule has 1 aliphatic heterocycles. The van der Waals surface area contributed by atoms with E-state index < -0.39 is 0 Å². The highest BCUT2D eigenvalue weighted by Gasteiger charge is 2.25. The molecule has 1 saturated heterocycles. The number of nitrogens with zero attached hydrogens (tertiary/aromatic N) is 2. The molecule has 18 heavy (non-hydrogen) atoms. The predicted octanol–water partition coefficient (Wildman–Crippen LogP) is 1.35. The zero-order chi connectivity index (χ0) is 12.7. The van der Waals surface area contributed by atoms with Gasteiger partial charge in [-0.25, -0.2) is 4.98 Å². The van der Waals surface area contributed by atoms with Crippen LogP contribution >= 0.6 is 0 Å². The molecule has 0 aliphatic carbocycles. The normalized spacial score (nSPS) is 24.7. The van der Waals surface area contributed by atoms with Crippen LogP contribution in [0.4, 0.5) is 11.6 Å². The third kappa shape index (κ3) is 1.90. The second-order valence-corrected chi connectivity index (χ2v) is 5.12. The lowest BCUT2D eigenvalue weighted by Gasteiger charge is -2.33. The number of aromatic amines is 1. The number of β-amino-alcohol motifs (C(OH)–C–C–N with tert-alkyl or cyclic N) is 1. The quantitative estimate of drug-likeness (QED) is 0.664. The molecule has 0 spiro atoms. The van der Waals surface area contributed by atoms with Crippen molar-refractivity contribution in [2.45, 2.75) is 19.4 Å². The maximum Gasteiger partial charge on any atom is 0.203 e. The minimum atomic E-state index is -0.281. The number of hydrogen-bond donors (Lipinski definition) is 3. The van der Waals surface area contributed by atoms with E-state index >= 15 is 0 Å². The number of anilines is 2. The van der Waals surface area contributed by atoms with Gasteiger partial charge in [-0.1, -0.05) is 6.92 Å². The second-order valence-electron chi connectivity index (χ2n) is 5.12. The molecule has 96 valence electrons. The zero-order valence-corrected chi connectivity index (χ0v) is 10.4. The lowest BCUT2D eigenvalue weighted by atomic mass is 9.96. The molecule has 0 saturated carbocycles. The summed E-state index contributed by atoms with van der Waals surface area (Å²) in [5.74, 6) is 1.18. The second kappa shape index (κ2) is 4.17. The van der Waals surface area contributed by atoms with Gasteiger partial charge in [0.25, 0.3) is 0 Å². The van der Waals surface area contributed by atoms with Crippen LogP contribution < -0.4 is 10.6 Å². The smallest absolute Gasteiger partial charge is 0.203 e. The fourth-order valence-electron chi connectivity index (χ4n) is 2.40. The van der Waals surface area contributed by atoms with Gasteiger partial charge in [0.2, 0.25) is 5.95 Å². The summed E-state index contributed by atoms with van der Waals surface area (Å²) in [7, 11) is 0. The van der Waals surface area contributed by atoms with Gasteiger partial charge in [0.05, 0.1) is 17.1 Å². The van der Waals surface area contributed by atoms with E-state index in [1.165, 1.54) is 0 Å². The van der Waals surface area contributed by atoms with Gasteiger partial charge in [-0.3, -0.25) is 0 Å². The zero-order valence-electron chi connectivity index (χ0n) is 10.4. The highest BCUT2D eigenvalue weighted by Crippen LogP contribution is 2.24. The van der Waals surface area contributed by atoms with Crippen LogP contribution in [0.15, 0.2) is 18.2 Å². The lowest BCUT2D eigenvalue weighted by Crippen LogP contribution is -2.43. The molecule has 1 fully saturated rings. The Hall–Kier alpha value is -1.75. The molecule has 4 N–H and O–H groups in total. The molecule has 0 amide bonds. The van der Waals surface area contributed by atoms with E-state index in [0.717, 1.165) is 35.6 Å². The molecule has 0 radical (unpaired) electrons. The van der Waals surface area contributed by atoms with Crippen molar-refractivity contribution in [1.29, 1.82) is 0 Å². The van der Waals surface area contributed by atoms with Gasteiger partial charge >= 0.3 is 0 Å². The fourth-order valence-corrected chi connectivity index (χ4v) is 2.40. The Bertz CT molecular complexity index is 565. The number of nitrogen functional groups attached to an aromatic ring is 1. The molecule has 5 heteroatoms.